The fourth-order valence-electron chi connectivity index (χ4n) is 1.06. The van der Waals surface area contributed by atoms with E-state index in [4.69, 9.17) is 0 Å². The molecule has 0 aromatic rings. The van der Waals surface area contributed by atoms with E-state index in [1.807, 2.05) is 12.5 Å². The number of rotatable bonds is 2. The van der Waals surface area contributed by atoms with Crippen LogP contribution < -0.4 is 5.32 Å². The van der Waals surface area contributed by atoms with Crippen LogP contribution >= 0.6 is 23.5 Å². The van der Waals surface area contributed by atoms with Crippen molar-refractivity contribution in [1.29, 1.82) is 0 Å². The average molecular weight is 177 g/mol. The minimum Gasteiger partial charge on any atom is -0.354 e. The lowest BCUT2D eigenvalue weighted by atomic mass is 10.3. The van der Waals surface area contributed by atoms with Gasteiger partial charge in [-0.15, -0.1) is 23.5 Å². The number of carbonyl (C=O) groups excluding carboxylic acids is 1. The first-order valence-corrected chi connectivity index (χ1v) is 5.59. The molecule has 2 nitrogen and oxygen atoms in total. The van der Waals surface area contributed by atoms with Crippen LogP contribution in [0.4, 0.5) is 0 Å². The highest BCUT2D eigenvalue weighted by molar-refractivity contribution is 8.18. The number of carbonyl (C=O) groups is 1. The smallest absolute Gasteiger partial charge is 0.246 e. The molecule has 1 rings (SSSR count). The number of hydrogen-bond acceptors (Lipinski definition) is 3. The maximum Gasteiger partial charge on any atom is 0.246 e. The first-order valence-electron chi connectivity index (χ1n) is 3.14. The Balaban J connectivity index is 2.71. The molecule has 0 saturated carbocycles. The molecule has 1 amide bonds. The molecule has 1 heterocycles. The van der Waals surface area contributed by atoms with Gasteiger partial charge in [0.25, 0.3) is 0 Å². The Hall–Kier alpha value is 0.170. The highest BCUT2D eigenvalue weighted by Gasteiger charge is 2.40. The normalized spacial score (nSPS) is 22.8. The first-order chi connectivity index (χ1) is 4.75. The molecule has 10 heavy (non-hydrogen) atoms. The lowest BCUT2D eigenvalue weighted by molar-refractivity contribution is -0.119. The Morgan fingerprint density at radius 1 is 1.50 bits per heavy atom. The van der Waals surface area contributed by atoms with Gasteiger partial charge in [-0.25, -0.2) is 0 Å². The summed E-state index contributed by atoms with van der Waals surface area (Å²) in [5.41, 5.74) is 0. The molecule has 0 aliphatic carbocycles. The van der Waals surface area contributed by atoms with E-state index >= 15 is 0 Å². The number of hydrogen-bond donors (Lipinski definition) is 1. The fourth-order valence-corrected chi connectivity index (χ4v) is 2.86. The van der Waals surface area contributed by atoms with Crippen molar-refractivity contribution in [2.45, 2.75) is 10.5 Å². The van der Waals surface area contributed by atoms with Crippen LogP contribution in [-0.2, 0) is 4.79 Å². The SMILES string of the molecule is CSC1(SC)CCNC1=O. The third-order valence-electron chi connectivity index (χ3n) is 1.75. The van der Waals surface area contributed by atoms with E-state index in [9.17, 15) is 4.79 Å². The Morgan fingerprint density at radius 2 is 2.10 bits per heavy atom. The van der Waals surface area contributed by atoms with Crippen LogP contribution in [-0.4, -0.2) is 29.0 Å². The van der Waals surface area contributed by atoms with Gasteiger partial charge in [-0.05, 0) is 18.9 Å². The van der Waals surface area contributed by atoms with Crippen molar-refractivity contribution in [2.24, 2.45) is 0 Å². The molecule has 1 saturated heterocycles. The number of amides is 1. The lowest BCUT2D eigenvalue weighted by Gasteiger charge is -2.19. The summed E-state index contributed by atoms with van der Waals surface area (Å²) in [6.45, 7) is 0.834. The predicted molar refractivity (Wildman–Crippen MR) is 47.4 cm³/mol. The van der Waals surface area contributed by atoms with Gasteiger partial charge in [0.05, 0.1) is 0 Å². The maximum atomic E-state index is 11.2. The Morgan fingerprint density at radius 3 is 2.30 bits per heavy atom. The molecular weight excluding hydrogens is 166 g/mol. The minimum atomic E-state index is -0.181. The van der Waals surface area contributed by atoms with E-state index in [1.54, 1.807) is 23.5 Å². The average Bonchev–Trinajstić information content (AvgIpc) is 2.32. The van der Waals surface area contributed by atoms with Gasteiger partial charge in [-0.3, -0.25) is 4.79 Å². The molecule has 58 valence electrons. The van der Waals surface area contributed by atoms with Crippen LogP contribution in [0.1, 0.15) is 6.42 Å². The Bertz CT molecular complexity index is 145. The third kappa shape index (κ3) is 1.14. The minimum absolute atomic E-state index is 0.181. The topological polar surface area (TPSA) is 29.1 Å². The largest absolute Gasteiger partial charge is 0.354 e. The number of nitrogens with one attached hydrogen (secondary N) is 1. The lowest BCUT2D eigenvalue weighted by Crippen LogP contribution is -2.30. The fraction of sp³-hybridized carbons (Fsp3) is 0.833. The maximum absolute atomic E-state index is 11.2. The summed E-state index contributed by atoms with van der Waals surface area (Å²) in [5.74, 6) is 0.188. The molecule has 0 bridgehead atoms. The Kier molecular flexibility index (Phi) is 2.52. The van der Waals surface area contributed by atoms with E-state index in [-0.39, 0.29) is 9.99 Å². The summed E-state index contributed by atoms with van der Waals surface area (Å²) in [7, 11) is 0. The monoisotopic (exact) mass is 177 g/mol. The molecule has 1 aliphatic rings. The van der Waals surface area contributed by atoms with Crippen LogP contribution in [0, 0.1) is 0 Å². The van der Waals surface area contributed by atoms with Crippen LogP contribution in [0.15, 0.2) is 0 Å². The van der Waals surface area contributed by atoms with E-state index in [0.29, 0.717) is 0 Å². The van der Waals surface area contributed by atoms with E-state index < -0.39 is 0 Å². The van der Waals surface area contributed by atoms with Crippen molar-refractivity contribution in [2.75, 3.05) is 19.1 Å². The molecule has 1 N–H and O–H groups in total. The van der Waals surface area contributed by atoms with Crippen LogP contribution in [0.3, 0.4) is 0 Å². The summed E-state index contributed by atoms with van der Waals surface area (Å²) in [6, 6.07) is 0. The quantitative estimate of drug-likeness (QED) is 0.636. The van der Waals surface area contributed by atoms with Crippen molar-refractivity contribution >= 4 is 29.4 Å². The van der Waals surface area contributed by atoms with E-state index in [2.05, 4.69) is 5.32 Å². The van der Waals surface area contributed by atoms with Crippen LogP contribution in [0.5, 0.6) is 0 Å². The van der Waals surface area contributed by atoms with E-state index in [0.717, 1.165) is 13.0 Å². The summed E-state index contributed by atoms with van der Waals surface area (Å²) >= 11 is 3.28. The van der Waals surface area contributed by atoms with Crippen molar-refractivity contribution < 1.29 is 4.79 Å². The molecule has 0 atom stereocenters. The third-order valence-corrected chi connectivity index (χ3v) is 4.84. The summed E-state index contributed by atoms with van der Waals surface area (Å²) in [5, 5.41) is 2.83. The number of thioether (sulfide) groups is 2. The summed E-state index contributed by atoms with van der Waals surface area (Å²) in [6.07, 6.45) is 4.93. The zero-order valence-corrected chi connectivity index (χ0v) is 7.77. The highest BCUT2D eigenvalue weighted by atomic mass is 32.2. The van der Waals surface area contributed by atoms with Crippen molar-refractivity contribution in [3.05, 3.63) is 0 Å². The molecule has 0 radical (unpaired) electrons. The standard InChI is InChI=1S/C6H11NOS2/c1-9-6(10-2)3-4-7-5(6)8/h3-4H2,1-2H3,(H,7,8). The Labute approximate surface area is 69.5 Å². The molecule has 0 aromatic heterocycles. The predicted octanol–water partition coefficient (Wildman–Crippen LogP) is 0.929. The second-order valence-electron chi connectivity index (χ2n) is 2.17. The van der Waals surface area contributed by atoms with Gasteiger partial charge >= 0.3 is 0 Å². The highest BCUT2D eigenvalue weighted by Crippen LogP contribution is 2.39. The van der Waals surface area contributed by atoms with Gasteiger partial charge in [0.1, 0.15) is 4.08 Å². The molecule has 4 heteroatoms. The van der Waals surface area contributed by atoms with Gasteiger partial charge in [0.15, 0.2) is 0 Å². The van der Waals surface area contributed by atoms with Gasteiger partial charge < -0.3 is 5.32 Å². The molecule has 0 spiro atoms. The second kappa shape index (κ2) is 3.05. The van der Waals surface area contributed by atoms with Gasteiger partial charge in [0.2, 0.25) is 5.91 Å². The first kappa shape index (κ1) is 8.27. The molecule has 1 aliphatic heterocycles. The zero-order chi connectivity index (χ0) is 7.61. The summed E-state index contributed by atoms with van der Waals surface area (Å²) in [4.78, 5) is 11.2. The van der Waals surface area contributed by atoms with Crippen LogP contribution in [0.2, 0.25) is 0 Å². The van der Waals surface area contributed by atoms with Crippen molar-refractivity contribution in [3.63, 3.8) is 0 Å². The van der Waals surface area contributed by atoms with E-state index in [1.165, 1.54) is 0 Å². The second-order valence-corrected chi connectivity index (χ2v) is 4.64. The zero-order valence-electron chi connectivity index (χ0n) is 6.14. The molecular formula is C6H11NOS2. The molecule has 1 fully saturated rings. The van der Waals surface area contributed by atoms with Crippen molar-refractivity contribution in [3.8, 4) is 0 Å². The van der Waals surface area contributed by atoms with Crippen molar-refractivity contribution in [1.82, 2.24) is 5.32 Å². The molecule has 0 unspecified atom stereocenters. The van der Waals surface area contributed by atoms with Gasteiger partial charge in [0, 0.05) is 6.54 Å². The van der Waals surface area contributed by atoms with Gasteiger partial charge in [-0.1, -0.05) is 0 Å². The summed E-state index contributed by atoms with van der Waals surface area (Å²) < 4.78 is -0.181. The van der Waals surface area contributed by atoms with Crippen LogP contribution in [0.25, 0.3) is 0 Å². The molecule has 0 aromatic carbocycles. The van der Waals surface area contributed by atoms with Gasteiger partial charge in [-0.2, -0.15) is 0 Å².